The third-order valence-corrected chi connectivity index (χ3v) is 5.40. The lowest BCUT2D eigenvalue weighted by molar-refractivity contribution is -0.157. The summed E-state index contributed by atoms with van der Waals surface area (Å²) in [6, 6.07) is 10.9. The normalized spacial score (nSPS) is 18.6. The molecule has 33 heavy (non-hydrogen) atoms. The highest BCUT2D eigenvalue weighted by atomic mass is 19.1. The monoisotopic (exact) mass is 458 g/mol. The van der Waals surface area contributed by atoms with Crippen molar-refractivity contribution < 1.29 is 23.1 Å². The van der Waals surface area contributed by atoms with Crippen molar-refractivity contribution in [1.29, 1.82) is 0 Å². The van der Waals surface area contributed by atoms with Crippen LogP contribution in [-0.4, -0.2) is 35.3 Å². The van der Waals surface area contributed by atoms with Gasteiger partial charge in [0.05, 0.1) is 5.56 Å². The van der Waals surface area contributed by atoms with E-state index in [-0.39, 0.29) is 29.7 Å². The Morgan fingerprint density at radius 2 is 1.88 bits per heavy atom. The van der Waals surface area contributed by atoms with Gasteiger partial charge in [-0.3, -0.25) is 9.59 Å². The molecule has 2 amide bonds. The Balaban J connectivity index is 2.18. The van der Waals surface area contributed by atoms with Crippen LogP contribution in [-0.2, 0) is 20.1 Å². The Labute approximate surface area is 191 Å². The highest BCUT2D eigenvalue weighted by molar-refractivity contribution is 5.98. The van der Waals surface area contributed by atoms with Crippen LogP contribution < -0.4 is 11.1 Å². The minimum Gasteiger partial charge on any atom is -0.443 e. The molecule has 0 bridgehead atoms. The van der Waals surface area contributed by atoms with E-state index in [1.54, 1.807) is 38.1 Å². The van der Waals surface area contributed by atoms with E-state index >= 15 is 0 Å². The van der Waals surface area contributed by atoms with E-state index in [0.717, 1.165) is 23.2 Å². The van der Waals surface area contributed by atoms with Gasteiger partial charge in [0, 0.05) is 18.9 Å². The Kier molecular flexibility index (Phi) is 7.43. The molecule has 0 saturated heterocycles. The van der Waals surface area contributed by atoms with E-state index in [2.05, 4.69) is 10.4 Å². The van der Waals surface area contributed by atoms with Gasteiger partial charge in [0.2, 0.25) is 17.5 Å². The fourth-order valence-electron chi connectivity index (χ4n) is 3.78. The summed E-state index contributed by atoms with van der Waals surface area (Å²) in [4.78, 5) is 25.5. The van der Waals surface area contributed by atoms with Gasteiger partial charge in [-0.15, -0.1) is 5.10 Å². The summed E-state index contributed by atoms with van der Waals surface area (Å²) in [5.41, 5.74) is 4.70. The molecule has 0 fully saturated rings. The molecule has 3 rings (SSSR count). The van der Waals surface area contributed by atoms with Gasteiger partial charge in [-0.25, -0.2) is 8.78 Å². The van der Waals surface area contributed by atoms with Gasteiger partial charge >= 0.3 is 0 Å². The molecule has 1 aliphatic heterocycles. The second kappa shape index (κ2) is 10.1. The van der Waals surface area contributed by atoms with Crippen LogP contribution in [0.4, 0.5) is 8.78 Å². The Hall–Kier alpha value is -3.33. The van der Waals surface area contributed by atoms with E-state index in [0.29, 0.717) is 18.5 Å². The van der Waals surface area contributed by atoms with Crippen molar-refractivity contribution in [1.82, 2.24) is 10.3 Å². The van der Waals surface area contributed by atoms with Crippen LogP contribution in [0.1, 0.15) is 44.7 Å². The van der Waals surface area contributed by atoms with Crippen LogP contribution >= 0.6 is 0 Å². The van der Waals surface area contributed by atoms with Crippen molar-refractivity contribution in [2.45, 2.75) is 45.4 Å². The first-order valence-electron chi connectivity index (χ1n) is 10.8. The minimum atomic E-state index is -1.45. The first kappa shape index (κ1) is 24.3. The lowest BCUT2D eigenvalue weighted by atomic mass is 9.94. The molecule has 1 heterocycles. The predicted octanol–water partition coefficient (Wildman–Crippen LogP) is 3.24. The fraction of sp³-hybridized carbons (Fsp3) is 0.375. The van der Waals surface area contributed by atoms with Crippen LogP contribution in [0.5, 0.6) is 0 Å². The standard InChI is InChI=1S/C24H28F2N4O3/c1-15(2)21(28-16(3)31)23(32)30-24(12-7-13-27,17-8-5-4-6-9-17)33-22(29-30)19-14-18(25)10-11-20(19)26/h4-6,8-11,14-15,21H,7,12-13,27H2,1-3H3,(H,28,31). The van der Waals surface area contributed by atoms with E-state index in [4.69, 9.17) is 10.5 Å². The smallest absolute Gasteiger partial charge is 0.269 e. The molecule has 0 aliphatic carbocycles. The quantitative estimate of drug-likeness (QED) is 0.635. The number of nitrogens with one attached hydrogen (secondary N) is 1. The number of hydrazone groups is 1. The number of carbonyl (C=O) groups is 2. The maximum Gasteiger partial charge on any atom is 0.269 e. The number of halogens is 2. The number of rotatable bonds is 8. The number of benzene rings is 2. The Morgan fingerprint density at radius 1 is 1.18 bits per heavy atom. The third-order valence-electron chi connectivity index (χ3n) is 5.40. The van der Waals surface area contributed by atoms with Crippen molar-refractivity contribution in [3.05, 3.63) is 71.3 Å². The topological polar surface area (TPSA) is 97.0 Å². The first-order valence-corrected chi connectivity index (χ1v) is 10.8. The molecule has 0 radical (unpaired) electrons. The lowest BCUT2D eigenvalue weighted by Crippen LogP contribution is -2.54. The van der Waals surface area contributed by atoms with Gasteiger partial charge in [-0.1, -0.05) is 44.2 Å². The molecule has 2 atom stereocenters. The minimum absolute atomic E-state index is 0.209. The van der Waals surface area contributed by atoms with Crippen molar-refractivity contribution >= 4 is 17.7 Å². The van der Waals surface area contributed by atoms with Gasteiger partial charge < -0.3 is 15.8 Å². The zero-order chi connectivity index (χ0) is 24.2. The maximum absolute atomic E-state index is 14.6. The third kappa shape index (κ3) is 5.03. The summed E-state index contributed by atoms with van der Waals surface area (Å²) in [7, 11) is 0. The Bertz CT molecular complexity index is 1050. The van der Waals surface area contributed by atoms with Crippen LogP contribution in [0.2, 0.25) is 0 Å². The summed E-state index contributed by atoms with van der Waals surface area (Å²) in [5, 5.41) is 8.13. The van der Waals surface area contributed by atoms with Crippen molar-refractivity contribution in [2.24, 2.45) is 16.8 Å². The number of nitrogens with two attached hydrogens (primary N) is 1. The SMILES string of the molecule is CC(=O)NC(C(=O)N1N=C(c2cc(F)ccc2F)OC1(CCCN)c1ccccc1)C(C)C. The summed E-state index contributed by atoms with van der Waals surface area (Å²) in [6.07, 6.45) is 0.702. The highest BCUT2D eigenvalue weighted by Gasteiger charge is 2.51. The molecule has 7 nitrogen and oxygen atoms in total. The summed E-state index contributed by atoms with van der Waals surface area (Å²) >= 11 is 0. The number of hydrogen-bond acceptors (Lipinski definition) is 5. The molecule has 0 saturated carbocycles. The molecule has 2 unspecified atom stereocenters. The number of amides is 2. The lowest BCUT2D eigenvalue weighted by Gasteiger charge is -2.37. The van der Waals surface area contributed by atoms with Crippen LogP contribution in [0.3, 0.4) is 0 Å². The van der Waals surface area contributed by atoms with Gasteiger partial charge in [0.15, 0.2) is 0 Å². The zero-order valence-corrected chi connectivity index (χ0v) is 18.8. The summed E-state index contributed by atoms with van der Waals surface area (Å²) in [5.74, 6) is -2.83. The van der Waals surface area contributed by atoms with Crippen molar-refractivity contribution in [3.63, 3.8) is 0 Å². The van der Waals surface area contributed by atoms with E-state index in [1.807, 2.05) is 6.07 Å². The van der Waals surface area contributed by atoms with Crippen LogP contribution in [0, 0.1) is 17.6 Å². The van der Waals surface area contributed by atoms with Gasteiger partial charge in [0.25, 0.3) is 5.91 Å². The molecule has 0 spiro atoms. The molecule has 0 aromatic heterocycles. The molecule has 9 heteroatoms. The number of carbonyl (C=O) groups excluding carboxylic acids is 2. The summed E-state index contributed by atoms with van der Waals surface area (Å²) < 4.78 is 34.7. The first-order chi connectivity index (χ1) is 15.7. The number of nitrogens with zero attached hydrogens (tertiary/aromatic N) is 2. The van der Waals surface area contributed by atoms with Crippen LogP contribution in [0.15, 0.2) is 53.6 Å². The number of hydrogen-bond donors (Lipinski definition) is 2. The Morgan fingerprint density at radius 3 is 2.48 bits per heavy atom. The molecule has 1 aliphatic rings. The average molecular weight is 459 g/mol. The molecule has 2 aromatic rings. The fourth-order valence-corrected chi connectivity index (χ4v) is 3.78. The largest absolute Gasteiger partial charge is 0.443 e. The number of ether oxygens (including phenoxy) is 1. The zero-order valence-electron chi connectivity index (χ0n) is 18.8. The highest BCUT2D eigenvalue weighted by Crippen LogP contribution is 2.41. The second-order valence-electron chi connectivity index (χ2n) is 8.25. The van der Waals surface area contributed by atoms with E-state index < -0.39 is 29.3 Å². The van der Waals surface area contributed by atoms with Crippen molar-refractivity contribution in [2.75, 3.05) is 6.54 Å². The average Bonchev–Trinajstić information content (AvgIpc) is 3.18. The predicted molar refractivity (Wildman–Crippen MR) is 120 cm³/mol. The molecule has 176 valence electrons. The molecule has 2 aromatic carbocycles. The van der Waals surface area contributed by atoms with Gasteiger partial charge in [-0.2, -0.15) is 5.01 Å². The molecular weight excluding hydrogens is 430 g/mol. The van der Waals surface area contributed by atoms with E-state index in [9.17, 15) is 18.4 Å². The van der Waals surface area contributed by atoms with Crippen LogP contribution in [0.25, 0.3) is 0 Å². The van der Waals surface area contributed by atoms with Gasteiger partial charge in [-0.05, 0) is 37.1 Å². The summed E-state index contributed by atoms with van der Waals surface area (Å²) in [6.45, 7) is 5.20. The van der Waals surface area contributed by atoms with Crippen molar-refractivity contribution in [3.8, 4) is 0 Å². The van der Waals surface area contributed by atoms with Gasteiger partial charge in [0.1, 0.15) is 17.7 Å². The van der Waals surface area contributed by atoms with E-state index in [1.165, 1.54) is 6.92 Å². The second-order valence-corrected chi connectivity index (χ2v) is 8.25. The molecular formula is C24H28F2N4O3. The molecule has 3 N–H and O–H groups in total. The maximum atomic E-state index is 14.6.